The smallest absolute Gasteiger partial charge is 0.303 e. The molecule has 2 aromatic rings. The number of halogens is 3. The van der Waals surface area contributed by atoms with E-state index in [9.17, 15) is 18.4 Å². The van der Waals surface area contributed by atoms with Gasteiger partial charge in [0.2, 0.25) is 0 Å². The van der Waals surface area contributed by atoms with Gasteiger partial charge in [0.25, 0.3) is 0 Å². The van der Waals surface area contributed by atoms with Crippen LogP contribution in [0.2, 0.25) is 5.02 Å². The van der Waals surface area contributed by atoms with E-state index in [1.165, 1.54) is 23.3 Å². The molecule has 31 heavy (non-hydrogen) atoms. The summed E-state index contributed by atoms with van der Waals surface area (Å²) in [5.74, 6) is -3.28. The third-order valence-corrected chi connectivity index (χ3v) is 5.14. The van der Waals surface area contributed by atoms with Crippen molar-refractivity contribution in [2.45, 2.75) is 38.6 Å². The molecule has 0 saturated heterocycles. The topological polar surface area (TPSA) is 98.7 Å². The third-order valence-electron chi connectivity index (χ3n) is 4.82. The fraction of sp³-hybridized carbons (Fsp3) is 0.364. The Morgan fingerprint density at radius 1 is 1.10 bits per heavy atom. The van der Waals surface area contributed by atoms with Crippen LogP contribution in [0.15, 0.2) is 30.3 Å². The second-order valence-corrected chi connectivity index (χ2v) is 7.54. The van der Waals surface area contributed by atoms with Crippen molar-refractivity contribution >= 4 is 29.2 Å². The predicted octanol–water partition coefficient (Wildman–Crippen LogP) is 4.42. The highest BCUT2D eigenvalue weighted by Crippen LogP contribution is 2.34. The number of anilines is 1. The van der Waals surface area contributed by atoms with Crippen LogP contribution in [0.25, 0.3) is 0 Å². The second kappa shape index (κ2) is 11.6. The minimum atomic E-state index is -1.08. The first-order valence-electron chi connectivity index (χ1n) is 9.85. The molecular formula is C22H25ClF2N2O4. The van der Waals surface area contributed by atoms with Gasteiger partial charge in [0, 0.05) is 11.6 Å². The molecule has 9 heteroatoms. The lowest BCUT2D eigenvalue weighted by Crippen LogP contribution is -2.16. The van der Waals surface area contributed by atoms with Gasteiger partial charge in [-0.1, -0.05) is 23.7 Å². The van der Waals surface area contributed by atoms with Crippen LogP contribution in [0.1, 0.15) is 42.5 Å². The zero-order valence-electron chi connectivity index (χ0n) is 17.1. The van der Waals surface area contributed by atoms with Gasteiger partial charge in [-0.05, 0) is 56.1 Å². The minimum absolute atomic E-state index is 0.296. The highest BCUT2D eigenvalue weighted by Gasteiger charge is 2.18. The van der Waals surface area contributed by atoms with E-state index in [4.69, 9.17) is 21.8 Å². The monoisotopic (exact) mass is 454 g/mol. The molecule has 6 nitrogen and oxygen atoms in total. The summed E-state index contributed by atoms with van der Waals surface area (Å²) in [6.07, 6.45) is 1.22. The van der Waals surface area contributed by atoms with Gasteiger partial charge in [0.15, 0.2) is 0 Å². The average Bonchev–Trinajstić information content (AvgIpc) is 2.94. The first-order chi connectivity index (χ1) is 14.7. The number of hydrogen-bond acceptors (Lipinski definition) is 4. The van der Waals surface area contributed by atoms with Crippen LogP contribution in [0.3, 0.4) is 0 Å². The zero-order chi connectivity index (χ0) is 23.0. The number of nitrogens with one attached hydrogen (secondary N) is 2. The van der Waals surface area contributed by atoms with Crippen molar-refractivity contribution in [2.75, 3.05) is 18.4 Å². The molecule has 1 heterocycles. The lowest BCUT2D eigenvalue weighted by atomic mass is 9.99. The lowest BCUT2D eigenvalue weighted by molar-refractivity contribution is -0.143. The Morgan fingerprint density at radius 3 is 2.35 bits per heavy atom. The van der Waals surface area contributed by atoms with E-state index in [1.54, 1.807) is 0 Å². The van der Waals surface area contributed by atoms with Gasteiger partial charge in [-0.25, -0.2) is 8.78 Å². The summed E-state index contributed by atoms with van der Waals surface area (Å²) in [6.45, 7) is 3.68. The zero-order valence-corrected chi connectivity index (χ0v) is 17.8. The van der Waals surface area contributed by atoms with Gasteiger partial charge in [0.1, 0.15) is 11.6 Å². The van der Waals surface area contributed by atoms with Crippen molar-refractivity contribution in [1.82, 2.24) is 5.32 Å². The molecular weight excluding hydrogens is 430 g/mol. The Kier molecular flexibility index (Phi) is 9.21. The predicted molar refractivity (Wildman–Crippen MR) is 115 cm³/mol. The van der Waals surface area contributed by atoms with Crippen molar-refractivity contribution in [3.8, 4) is 0 Å². The molecule has 3 rings (SSSR count). The lowest BCUT2D eigenvalue weighted by Gasteiger charge is -2.21. The molecule has 2 aromatic carbocycles. The molecule has 0 radical (unpaired) electrons. The van der Waals surface area contributed by atoms with Crippen molar-refractivity contribution < 1.29 is 28.6 Å². The Bertz CT molecular complexity index is 926. The molecule has 0 saturated carbocycles. The van der Waals surface area contributed by atoms with Crippen LogP contribution in [0.4, 0.5) is 14.5 Å². The van der Waals surface area contributed by atoms with E-state index in [1.807, 2.05) is 13.0 Å². The molecule has 4 N–H and O–H groups in total. The molecule has 1 aliphatic heterocycles. The van der Waals surface area contributed by atoms with Crippen molar-refractivity contribution in [3.05, 3.63) is 63.7 Å². The molecule has 1 aliphatic rings. The number of carboxylic acid groups (broad SMARTS) is 2. The summed E-state index contributed by atoms with van der Waals surface area (Å²) in [4.78, 5) is 19.3. The quantitative estimate of drug-likeness (QED) is 0.516. The average molecular weight is 455 g/mol. The van der Waals surface area contributed by atoms with Gasteiger partial charge in [-0.3, -0.25) is 9.59 Å². The fourth-order valence-corrected chi connectivity index (χ4v) is 3.49. The fourth-order valence-electron chi connectivity index (χ4n) is 3.26. The van der Waals surface area contributed by atoms with E-state index in [0.29, 0.717) is 10.6 Å². The maximum atomic E-state index is 14.0. The summed E-state index contributed by atoms with van der Waals surface area (Å²) in [5, 5.41) is 23.1. The number of hydrogen-bond donors (Lipinski definition) is 4. The molecule has 1 unspecified atom stereocenters. The molecule has 0 bridgehead atoms. The van der Waals surface area contributed by atoms with Crippen LogP contribution < -0.4 is 10.6 Å². The number of carboxylic acids is 2. The second-order valence-electron chi connectivity index (χ2n) is 7.13. The van der Waals surface area contributed by atoms with Crippen LogP contribution in [-0.2, 0) is 22.4 Å². The number of benzene rings is 2. The van der Waals surface area contributed by atoms with E-state index in [2.05, 4.69) is 16.7 Å². The summed E-state index contributed by atoms with van der Waals surface area (Å²) in [7, 11) is 0. The molecule has 168 valence electrons. The van der Waals surface area contributed by atoms with Crippen molar-refractivity contribution in [1.29, 1.82) is 0 Å². The molecule has 0 fully saturated rings. The van der Waals surface area contributed by atoms with Crippen molar-refractivity contribution in [2.24, 2.45) is 0 Å². The Hall–Kier alpha value is -2.71. The maximum Gasteiger partial charge on any atom is 0.303 e. The van der Waals surface area contributed by atoms with Gasteiger partial charge in [-0.2, -0.15) is 0 Å². The van der Waals surface area contributed by atoms with E-state index >= 15 is 0 Å². The maximum absolute atomic E-state index is 14.0. The first-order valence-corrected chi connectivity index (χ1v) is 10.2. The largest absolute Gasteiger partial charge is 0.481 e. The van der Waals surface area contributed by atoms with Gasteiger partial charge < -0.3 is 20.8 Å². The normalized spacial score (nSPS) is 13.8. The number of aliphatic carboxylic acids is 2. The molecule has 1 atom stereocenters. The van der Waals surface area contributed by atoms with Crippen LogP contribution in [-0.4, -0.2) is 35.2 Å². The Balaban J connectivity index is 0.000000366. The highest BCUT2D eigenvalue weighted by molar-refractivity contribution is 6.33. The Labute approximate surface area is 184 Å². The van der Waals surface area contributed by atoms with Gasteiger partial charge in [-0.15, -0.1) is 0 Å². The van der Waals surface area contributed by atoms with Gasteiger partial charge >= 0.3 is 11.9 Å². The van der Waals surface area contributed by atoms with E-state index in [-0.39, 0.29) is 18.9 Å². The summed E-state index contributed by atoms with van der Waals surface area (Å²) in [6, 6.07) is 7.27. The molecule has 0 aromatic heterocycles. The molecule has 0 spiro atoms. The number of carbonyl (C=O) groups is 2. The van der Waals surface area contributed by atoms with Crippen LogP contribution in [0.5, 0.6) is 0 Å². The third kappa shape index (κ3) is 7.48. The molecule has 0 amide bonds. The Morgan fingerprint density at radius 2 is 1.74 bits per heavy atom. The van der Waals surface area contributed by atoms with E-state index < -0.39 is 23.6 Å². The minimum Gasteiger partial charge on any atom is -0.481 e. The highest BCUT2D eigenvalue weighted by atomic mass is 35.5. The number of fused-ring (bicyclic) bond motifs is 1. The molecule has 0 aliphatic carbocycles. The van der Waals surface area contributed by atoms with Crippen LogP contribution in [0, 0.1) is 11.6 Å². The van der Waals surface area contributed by atoms with Crippen molar-refractivity contribution in [3.63, 3.8) is 0 Å². The first kappa shape index (κ1) is 24.6. The SMILES string of the molecule is CC(Nc1c(Cl)ccc2c1CCNCC2)c1ccc(F)cc1F.O=C(O)CCC(=O)O. The number of rotatable bonds is 6. The summed E-state index contributed by atoms with van der Waals surface area (Å²) < 4.78 is 27.1. The summed E-state index contributed by atoms with van der Waals surface area (Å²) in [5.41, 5.74) is 3.71. The van der Waals surface area contributed by atoms with E-state index in [0.717, 1.165) is 37.7 Å². The van der Waals surface area contributed by atoms with Gasteiger partial charge in [0.05, 0.1) is 29.6 Å². The summed E-state index contributed by atoms with van der Waals surface area (Å²) >= 11 is 6.37. The van der Waals surface area contributed by atoms with Crippen LogP contribution >= 0.6 is 11.6 Å². The standard InChI is InChI=1S/C18H19ClF2N2.C4H6O4/c1-11(14-4-3-13(20)10-17(14)21)23-18-15-7-9-22-8-6-12(15)2-5-16(18)19;5-3(6)1-2-4(7)8/h2-5,10-11,22-23H,6-9H2,1H3;1-2H2,(H,5,6)(H,7,8).